The molecular weight excluding hydrogens is 416 g/mol. The first kappa shape index (κ1) is 21.7. The lowest BCUT2D eigenvalue weighted by molar-refractivity contribution is 0.119. The molecule has 0 saturated carbocycles. The average Bonchev–Trinajstić information content (AvgIpc) is 3.21. The largest absolute Gasteiger partial charge is 0.497 e. The number of hydrogen-bond acceptors (Lipinski definition) is 5. The highest BCUT2D eigenvalue weighted by atomic mass is 32.2. The number of hydrogen-bond donors (Lipinski definition) is 0. The zero-order valence-corrected chi connectivity index (χ0v) is 19.3. The Hall–Kier alpha value is -1.54. The van der Waals surface area contributed by atoms with Crippen LogP contribution in [0.5, 0.6) is 5.75 Å². The first-order valence-corrected chi connectivity index (χ1v) is 13.1. The van der Waals surface area contributed by atoms with Crippen molar-refractivity contribution in [1.29, 1.82) is 0 Å². The van der Waals surface area contributed by atoms with Crippen molar-refractivity contribution in [2.24, 2.45) is 0 Å². The third-order valence-electron chi connectivity index (χ3n) is 6.11. The maximum atomic E-state index is 13.5. The highest BCUT2D eigenvalue weighted by Gasteiger charge is 2.41. The van der Waals surface area contributed by atoms with Gasteiger partial charge in [-0.2, -0.15) is 16.1 Å². The van der Waals surface area contributed by atoms with E-state index in [1.165, 1.54) is 5.56 Å². The smallest absolute Gasteiger partial charge is 0.243 e. The lowest BCUT2D eigenvalue weighted by Gasteiger charge is -2.42. The van der Waals surface area contributed by atoms with E-state index in [-0.39, 0.29) is 6.04 Å². The van der Waals surface area contributed by atoms with E-state index in [0.717, 1.165) is 48.7 Å². The van der Waals surface area contributed by atoms with E-state index in [0.29, 0.717) is 17.5 Å². The van der Waals surface area contributed by atoms with Crippen LogP contribution in [0.4, 0.5) is 0 Å². The third kappa shape index (κ3) is 4.69. The molecule has 5 nitrogen and oxygen atoms in total. The second kappa shape index (κ2) is 9.30. The van der Waals surface area contributed by atoms with Gasteiger partial charge >= 0.3 is 0 Å². The van der Waals surface area contributed by atoms with Gasteiger partial charge < -0.3 is 4.74 Å². The van der Waals surface area contributed by atoms with Gasteiger partial charge in [0.1, 0.15) is 5.75 Å². The van der Waals surface area contributed by atoms with Crippen LogP contribution in [0, 0.1) is 6.92 Å². The third-order valence-corrected chi connectivity index (χ3v) is 9.20. The highest BCUT2D eigenvalue weighted by Crippen LogP contribution is 2.31. The summed E-state index contributed by atoms with van der Waals surface area (Å²) in [6.45, 7) is 4.49. The molecule has 0 unspecified atom stereocenters. The van der Waals surface area contributed by atoms with Gasteiger partial charge in [-0.05, 0) is 56.1 Å². The molecule has 162 valence electrons. The standard InChI is InChI=1S/C23H30N2O3S2/c1-18-5-11-23(12-6-18)30(26,27)25-15-20-4-3-13-24(20)14-21(25)17-29-16-19-7-9-22(28-2)10-8-19/h5-12,20-21H,3-4,13-17H2,1-2H3/t20-,21+/m0/s1. The summed E-state index contributed by atoms with van der Waals surface area (Å²) in [5.41, 5.74) is 2.30. The van der Waals surface area contributed by atoms with Crippen LogP contribution in [0.1, 0.15) is 24.0 Å². The Balaban J connectivity index is 1.48. The van der Waals surface area contributed by atoms with Gasteiger partial charge in [0, 0.05) is 36.7 Å². The predicted octanol–water partition coefficient (Wildman–Crippen LogP) is 3.77. The van der Waals surface area contributed by atoms with E-state index in [4.69, 9.17) is 4.74 Å². The van der Waals surface area contributed by atoms with Crippen molar-refractivity contribution in [3.63, 3.8) is 0 Å². The molecular formula is C23H30N2O3S2. The molecule has 0 radical (unpaired) electrons. The molecule has 7 heteroatoms. The van der Waals surface area contributed by atoms with Crippen LogP contribution in [0.2, 0.25) is 0 Å². The number of methoxy groups -OCH3 is 1. The van der Waals surface area contributed by atoms with Crippen LogP contribution in [0.3, 0.4) is 0 Å². The van der Waals surface area contributed by atoms with Crippen LogP contribution < -0.4 is 4.74 Å². The Bertz CT molecular complexity index is 945. The number of rotatable bonds is 7. The second-order valence-electron chi connectivity index (χ2n) is 8.20. The maximum absolute atomic E-state index is 13.5. The molecule has 0 aliphatic carbocycles. The molecule has 0 N–H and O–H groups in total. The van der Waals surface area contributed by atoms with E-state index in [1.54, 1.807) is 35.3 Å². The molecule has 0 spiro atoms. The van der Waals surface area contributed by atoms with Crippen molar-refractivity contribution in [3.05, 3.63) is 59.7 Å². The molecule has 2 aliphatic rings. The minimum atomic E-state index is -3.49. The van der Waals surface area contributed by atoms with E-state index >= 15 is 0 Å². The molecule has 2 saturated heterocycles. The van der Waals surface area contributed by atoms with E-state index < -0.39 is 10.0 Å². The van der Waals surface area contributed by atoms with E-state index in [1.807, 2.05) is 31.2 Å². The Morgan fingerprint density at radius 2 is 1.80 bits per heavy atom. The number of nitrogens with zero attached hydrogens (tertiary/aromatic N) is 2. The van der Waals surface area contributed by atoms with Crippen LogP contribution in [0.15, 0.2) is 53.4 Å². The van der Waals surface area contributed by atoms with Crippen LogP contribution >= 0.6 is 11.8 Å². The van der Waals surface area contributed by atoms with Gasteiger partial charge in [0.15, 0.2) is 0 Å². The molecule has 30 heavy (non-hydrogen) atoms. The lowest BCUT2D eigenvalue weighted by Crippen LogP contribution is -2.58. The van der Waals surface area contributed by atoms with Crippen LogP contribution in [-0.2, 0) is 15.8 Å². The predicted molar refractivity (Wildman–Crippen MR) is 123 cm³/mol. The monoisotopic (exact) mass is 446 g/mol. The molecule has 0 bridgehead atoms. The summed E-state index contributed by atoms with van der Waals surface area (Å²) in [6.07, 6.45) is 2.25. The van der Waals surface area contributed by atoms with Gasteiger partial charge in [0.25, 0.3) is 0 Å². The Morgan fingerprint density at radius 1 is 1.07 bits per heavy atom. The van der Waals surface area contributed by atoms with E-state index in [9.17, 15) is 8.42 Å². The number of piperazine rings is 1. The molecule has 0 amide bonds. The summed E-state index contributed by atoms with van der Waals surface area (Å²) in [5, 5.41) is 0. The fraction of sp³-hybridized carbons (Fsp3) is 0.478. The molecule has 0 aromatic heterocycles. The van der Waals surface area contributed by atoms with Crippen molar-refractivity contribution in [2.75, 3.05) is 32.5 Å². The first-order valence-electron chi connectivity index (χ1n) is 10.5. The minimum absolute atomic E-state index is 0.00565. The van der Waals surface area contributed by atoms with Gasteiger partial charge in [-0.15, -0.1) is 0 Å². The van der Waals surface area contributed by atoms with Crippen molar-refractivity contribution in [2.45, 2.75) is 42.5 Å². The topological polar surface area (TPSA) is 49.9 Å². The second-order valence-corrected chi connectivity index (χ2v) is 11.1. The normalized spacial score (nSPS) is 22.7. The van der Waals surface area contributed by atoms with Gasteiger partial charge in [-0.1, -0.05) is 29.8 Å². The van der Waals surface area contributed by atoms with Crippen molar-refractivity contribution in [1.82, 2.24) is 9.21 Å². The Labute approximate surface area is 184 Å². The highest BCUT2D eigenvalue weighted by molar-refractivity contribution is 7.98. The summed E-state index contributed by atoms with van der Waals surface area (Å²) in [5.74, 6) is 2.51. The fourth-order valence-electron chi connectivity index (χ4n) is 4.37. The summed E-state index contributed by atoms with van der Waals surface area (Å²) < 4.78 is 34.0. The summed E-state index contributed by atoms with van der Waals surface area (Å²) in [7, 11) is -1.83. The number of thioether (sulfide) groups is 1. The molecule has 2 heterocycles. The van der Waals surface area contributed by atoms with Gasteiger partial charge in [0.2, 0.25) is 10.0 Å². The first-order chi connectivity index (χ1) is 14.5. The summed E-state index contributed by atoms with van der Waals surface area (Å²) in [4.78, 5) is 2.89. The zero-order valence-electron chi connectivity index (χ0n) is 17.7. The number of ether oxygens (including phenoxy) is 1. The molecule has 2 aromatic carbocycles. The molecule has 2 aromatic rings. The number of sulfonamides is 1. The van der Waals surface area contributed by atoms with Crippen LogP contribution in [0.25, 0.3) is 0 Å². The minimum Gasteiger partial charge on any atom is -0.497 e. The summed E-state index contributed by atoms with van der Waals surface area (Å²) >= 11 is 1.80. The quantitative estimate of drug-likeness (QED) is 0.648. The maximum Gasteiger partial charge on any atom is 0.243 e. The molecule has 2 fully saturated rings. The summed E-state index contributed by atoms with van der Waals surface area (Å²) in [6, 6.07) is 15.7. The fourth-order valence-corrected chi connectivity index (χ4v) is 7.22. The van der Waals surface area contributed by atoms with E-state index in [2.05, 4.69) is 17.0 Å². The Kier molecular flexibility index (Phi) is 6.72. The van der Waals surface area contributed by atoms with Gasteiger partial charge in [-0.3, -0.25) is 4.90 Å². The van der Waals surface area contributed by atoms with Crippen molar-refractivity contribution >= 4 is 21.8 Å². The van der Waals surface area contributed by atoms with Crippen molar-refractivity contribution in [3.8, 4) is 5.75 Å². The van der Waals surface area contributed by atoms with Gasteiger partial charge in [0.05, 0.1) is 12.0 Å². The van der Waals surface area contributed by atoms with Gasteiger partial charge in [-0.25, -0.2) is 8.42 Å². The number of benzene rings is 2. The number of fused-ring (bicyclic) bond motifs is 1. The zero-order chi connectivity index (χ0) is 21.1. The SMILES string of the molecule is COc1ccc(CSC[C@H]2CN3CCC[C@H]3CN2S(=O)(=O)c2ccc(C)cc2)cc1. The van der Waals surface area contributed by atoms with Crippen molar-refractivity contribution < 1.29 is 13.2 Å². The Morgan fingerprint density at radius 3 is 2.50 bits per heavy atom. The average molecular weight is 447 g/mol. The molecule has 2 aliphatic heterocycles. The number of aryl methyl sites for hydroxylation is 1. The lowest BCUT2D eigenvalue weighted by atomic mass is 10.1. The molecule has 2 atom stereocenters. The molecule has 4 rings (SSSR count). The van der Waals surface area contributed by atoms with Crippen LogP contribution in [-0.4, -0.2) is 62.2 Å².